The van der Waals surface area contributed by atoms with Crippen LogP contribution >= 0.6 is 0 Å². The molecule has 0 bridgehead atoms. The maximum atomic E-state index is 11.1. The van der Waals surface area contributed by atoms with Crippen LogP contribution in [0.5, 0.6) is 0 Å². The monoisotopic (exact) mass is 193 g/mol. The number of hydrogen-bond acceptors (Lipinski definition) is 5. The topological polar surface area (TPSA) is 76.5 Å². The Labute approximate surface area is 80.7 Å². The Bertz CT molecular complexity index is 461. The van der Waals surface area contributed by atoms with Gasteiger partial charge in [0.1, 0.15) is 5.82 Å². The molecule has 0 amide bonds. The third-order valence-electron chi connectivity index (χ3n) is 2.07. The van der Waals surface area contributed by atoms with E-state index in [2.05, 4.69) is 10.1 Å². The number of hydrazone groups is 1. The van der Waals surface area contributed by atoms with Crippen LogP contribution in [-0.2, 0) is 6.54 Å². The summed E-state index contributed by atoms with van der Waals surface area (Å²) in [4.78, 5) is 14.8. The molecule has 6 nitrogen and oxygen atoms in total. The molecule has 0 unspecified atom stereocenters. The van der Waals surface area contributed by atoms with Crippen molar-refractivity contribution in [2.75, 3.05) is 17.8 Å². The van der Waals surface area contributed by atoms with E-state index in [-0.39, 0.29) is 11.5 Å². The SMILES string of the molecule is CC1=NN(C)c2cc(=O)nc(N)n2C1. The minimum absolute atomic E-state index is 0.230. The van der Waals surface area contributed by atoms with E-state index in [4.69, 9.17) is 5.73 Å². The van der Waals surface area contributed by atoms with Crippen LogP contribution in [0, 0.1) is 0 Å². The van der Waals surface area contributed by atoms with Gasteiger partial charge < -0.3 is 5.73 Å². The van der Waals surface area contributed by atoms with Crippen LogP contribution in [0.15, 0.2) is 16.0 Å². The number of rotatable bonds is 0. The van der Waals surface area contributed by atoms with Gasteiger partial charge in [0.05, 0.1) is 12.3 Å². The molecule has 2 N–H and O–H groups in total. The van der Waals surface area contributed by atoms with E-state index < -0.39 is 0 Å². The number of nitrogen functional groups attached to an aromatic ring is 1. The first-order chi connectivity index (χ1) is 6.58. The molecule has 0 fully saturated rings. The highest BCUT2D eigenvalue weighted by atomic mass is 16.1. The number of aromatic nitrogens is 2. The molecule has 0 saturated carbocycles. The predicted octanol–water partition coefficient (Wildman–Crippen LogP) is -0.349. The highest BCUT2D eigenvalue weighted by Gasteiger charge is 2.15. The summed E-state index contributed by atoms with van der Waals surface area (Å²) in [5.74, 6) is 0.904. The van der Waals surface area contributed by atoms with E-state index in [0.717, 1.165) is 5.71 Å². The molecule has 14 heavy (non-hydrogen) atoms. The van der Waals surface area contributed by atoms with Crippen molar-refractivity contribution in [3.8, 4) is 0 Å². The number of anilines is 2. The fraction of sp³-hybridized carbons (Fsp3) is 0.375. The van der Waals surface area contributed by atoms with E-state index in [1.54, 1.807) is 16.6 Å². The van der Waals surface area contributed by atoms with E-state index in [1.165, 1.54) is 6.07 Å². The summed E-state index contributed by atoms with van der Waals surface area (Å²) in [6.07, 6.45) is 0. The molecule has 0 atom stereocenters. The Hall–Kier alpha value is -1.85. The average molecular weight is 193 g/mol. The average Bonchev–Trinajstić information content (AvgIpc) is 2.07. The van der Waals surface area contributed by atoms with E-state index in [1.807, 2.05) is 6.92 Å². The molecule has 0 aliphatic carbocycles. The van der Waals surface area contributed by atoms with Gasteiger partial charge in [-0.3, -0.25) is 14.4 Å². The van der Waals surface area contributed by atoms with Crippen LogP contribution in [0.25, 0.3) is 0 Å². The van der Waals surface area contributed by atoms with E-state index >= 15 is 0 Å². The van der Waals surface area contributed by atoms with Gasteiger partial charge in [-0.1, -0.05) is 0 Å². The van der Waals surface area contributed by atoms with Crippen molar-refractivity contribution in [3.05, 3.63) is 16.4 Å². The van der Waals surface area contributed by atoms with Crippen molar-refractivity contribution in [3.63, 3.8) is 0 Å². The van der Waals surface area contributed by atoms with Gasteiger partial charge in [0.25, 0.3) is 5.56 Å². The van der Waals surface area contributed by atoms with Crippen molar-refractivity contribution in [2.45, 2.75) is 13.5 Å². The van der Waals surface area contributed by atoms with Gasteiger partial charge in [0.15, 0.2) is 0 Å². The smallest absolute Gasteiger partial charge is 0.276 e. The van der Waals surface area contributed by atoms with Crippen LogP contribution in [0.2, 0.25) is 0 Å². The lowest BCUT2D eigenvalue weighted by molar-refractivity contribution is 0.748. The standard InChI is InChI=1S/C8H11N5O/c1-5-4-13-7(12(2)11-5)3-6(14)10-8(13)9/h3H,4H2,1-2H3,(H2,9,10,14). The molecule has 1 aliphatic rings. The van der Waals surface area contributed by atoms with Crippen molar-refractivity contribution < 1.29 is 0 Å². The minimum Gasteiger partial charge on any atom is -0.369 e. The quantitative estimate of drug-likeness (QED) is 0.611. The van der Waals surface area contributed by atoms with E-state index in [0.29, 0.717) is 12.4 Å². The maximum Gasteiger partial charge on any atom is 0.276 e. The number of nitrogens with two attached hydrogens (primary N) is 1. The van der Waals surface area contributed by atoms with Crippen LogP contribution in [0.3, 0.4) is 0 Å². The molecule has 0 saturated heterocycles. The zero-order chi connectivity index (χ0) is 10.3. The lowest BCUT2D eigenvalue weighted by atomic mass is 10.3. The van der Waals surface area contributed by atoms with Crippen molar-refractivity contribution in [1.82, 2.24) is 9.55 Å². The molecule has 1 aliphatic heterocycles. The molecule has 74 valence electrons. The first-order valence-corrected chi connectivity index (χ1v) is 4.23. The van der Waals surface area contributed by atoms with Crippen molar-refractivity contribution >= 4 is 17.5 Å². The molecule has 2 heterocycles. The second-order valence-corrected chi connectivity index (χ2v) is 3.26. The lowest BCUT2D eigenvalue weighted by Gasteiger charge is -2.25. The van der Waals surface area contributed by atoms with Gasteiger partial charge >= 0.3 is 0 Å². The Kier molecular flexibility index (Phi) is 1.77. The largest absolute Gasteiger partial charge is 0.369 e. The second kappa shape index (κ2) is 2.83. The Morgan fingerprint density at radius 1 is 1.57 bits per heavy atom. The normalized spacial score (nSPS) is 15.0. The number of nitrogens with zero attached hydrogens (tertiary/aromatic N) is 4. The van der Waals surface area contributed by atoms with E-state index in [9.17, 15) is 4.79 Å². The van der Waals surface area contributed by atoms with Gasteiger partial charge in [0, 0.05) is 13.1 Å². The fourth-order valence-corrected chi connectivity index (χ4v) is 1.51. The van der Waals surface area contributed by atoms with Crippen LogP contribution in [0.1, 0.15) is 6.92 Å². The summed E-state index contributed by atoms with van der Waals surface area (Å²) < 4.78 is 1.75. The summed E-state index contributed by atoms with van der Waals surface area (Å²) in [6, 6.07) is 1.42. The zero-order valence-corrected chi connectivity index (χ0v) is 8.06. The first-order valence-electron chi connectivity index (χ1n) is 4.23. The van der Waals surface area contributed by atoms with Gasteiger partial charge in [-0.2, -0.15) is 10.1 Å². The van der Waals surface area contributed by atoms with Crippen molar-refractivity contribution in [1.29, 1.82) is 0 Å². The minimum atomic E-state index is -0.338. The molecule has 0 radical (unpaired) electrons. The first kappa shape index (κ1) is 8.74. The molecule has 6 heteroatoms. The molecule has 1 aromatic rings. The summed E-state index contributed by atoms with van der Waals surface area (Å²) in [7, 11) is 1.77. The summed E-state index contributed by atoms with van der Waals surface area (Å²) in [6.45, 7) is 2.48. The second-order valence-electron chi connectivity index (χ2n) is 3.26. The molecule has 1 aromatic heterocycles. The van der Waals surface area contributed by atoms with Gasteiger partial charge in [-0.25, -0.2) is 0 Å². The fourth-order valence-electron chi connectivity index (χ4n) is 1.51. The number of hydrogen-bond donors (Lipinski definition) is 1. The summed E-state index contributed by atoms with van der Waals surface area (Å²) in [5.41, 5.74) is 6.23. The molecule has 2 rings (SSSR count). The van der Waals surface area contributed by atoms with Crippen LogP contribution < -0.4 is 16.3 Å². The van der Waals surface area contributed by atoms with Crippen LogP contribution in [0.4, 0.5) is 11.8 Å². The van der Waals surface area contributed by atoms with Gasteiger partial charge in [0.2, 0.25) is 5.95 Å². The molecule has 0 aromatic carbocycles. The summed E-state index contributed by atoms with van der Waals surface area (Å²) >= 11 is 0. The van der Waals surface area contributed by atoms with Gasteiger partial charge in [-0.15, -0.1) is 0 Å². The van der Waals surface area contributed by atoms with Gasteiger partial charge in [-0.05, 0) is 6.92 Å². The zero-order valence-electron chi connectivity index (χ0n) is 8.06. The molecular formula is C8H11N5O. The number of fused-ring (bicyclic) bond motifs is 1. The third-order valence-corrected chi connectivity index (χ3v) is 2.07. The predicted molar refractivity (Wildman–Crippen MR) is 54.4 cm³/mol. The highest BCUT2D eigenvalue weighted by molar-refractivity contribution is 5.84. The third kappa shape index (κ3) is 1.24. The Morgan fingerprint density at radius 3 is 3.00 bits per heavy atom. The Balaban J connectivity index is 2.65. The maximum absolute atomic E-state index is 11.1. The highest BCUT2D eigenvalue weighted by Crippen LogP contribution is 2.17. The Morgan fingerprint density at radius 2 is 2.29 bits per heavy atom. The molecule has 0 spiro atoms. The van der Waals surface area contributed by atoms with Crippen molar-refractivity contribution in [2.24, 2.45) is 5.10 Å². The summed E-state index contributed by atoms with van der Waals surface area (Å²) in [5, 5.41) is 5.84. The molecular weight excluding hydrogens is 182 g/mol. The van der Waals surface area contributed by atoms with Crippen LogP contribution in [-0.4, -0.2) is 22.3 Å². The lowest BCUT2D eigenvalue weighted by Crippen LogP contribution is -2.30.